The maximum atomic E-state index is 11.9. The lowest BCUT2D eigenvalue weighted by Crippen LogP contribution is -2.41. The highest BCUT2D eigenvalue weighted by Gasteiger charge is 2.23. The van der Waals surface area contributed by atoms with Crippen molar-refractivity contribution in [1.29, 1.82) is 0 Å². The molecule has 1 aliphatic heterocycles. The summed E-state index contributed by atoms with van der Waals surface area (Å²) in [5, 5.41) is 0. The van der Waals surface area contributed by atoms with Crippen molar-refractivity contribution in [2.45, 2.75) is 31.8 Å². The van der Waals surface area contributed by atoms with Crippen LogP contribution >= 0.6 is 0 Å². The fraction of sp³-hybridized carbons (Fsp3) is 0.533. The van der Waals surface area contributed by atoms with Crippen molar-refractivity contribution < 1.29 is 9.53 Å². The number of hydrogen-bond donors (Lipinski definition) is 1. The van der Waals surface area contributed by atoms with Crippen molar-refractivity contribution in [3.05, 3.63) is 30.3 Å². The molecule has 19 heavy (non-hydrogen) atoms. The van der Waals surface area contributed by atoms with Gasteiger partial charge in [-0.15, -0.1) is 0 Å². The van der Waals surface area contributed by atoms with E-state index in [2.05, 4.69) is 0 Å². The molecule has 1 amide bonds. The van der Waals surface area contributed by atoms with Crippen LogP contribution in [0.1, 0.15) is 25.7 Å². The lowest BCUT2D eigenvalue weighted by molar-refractivity contribution is -0.133. The van der Waals surface area contributed by atoms with Gasteiger partial charge < -0.3 is 15.4 Å². The zero-order chi connectivity index (χ0) is 13.5. The van der Waals surface area contributed by atoms with Crippen molar-refractivity contribution in [3.8, 4) is 5.75 Å². The quantitative estimate of drug-likeness (QED) is 0.880. The van der Waals surface area contributed by atoms with Gasteiger partial charge in [-0.25, -0.2) is 0 Å². The third-order valence-corrected chi connectivity index (χ3v) is 3.44. The fourth-order valence-electron chi connectivity index (χ4n) is 2.33. The second-order valence-electron chi connectivity index (χ2n) is 4.90. The fourth-order valence-corrected chi connectivity index (χ4v) is 2.33. The molecule has 0 saturated carbocycles. The number of amides is 1. The molecule has 1 aliphatic rings. The Hall–Kier alpha value is -1.55. The third kappa shape index (κ3) is 4.24. The van der Waals surface area contributed by atoms with Crippen molar-refractivity contribution in [2.75, 3.05) is 19.6 Å². The van der Waals surface area contributed by atoms with Crippen LogP contribution in [-0.2, 0) is 4.79 Å². The zero-order valence-electron chi connectivity index (χ0n) is 11.3. The smallest absolute Gasteiger partial charge is 0.222 e. The lowest BCUT2D eigenvalue weighted by Gasteiger charge is -2.32. The Morgan fingerprint density at radius 3 is 2.58 bits per heavy atom. The van der Waals surface area contributed by atoms with Crippen molar-refractivity contribution in [3.63, 3.8) is 0 Å². The third-order valence-electron chi connectivity index (χ3n) is 3.44. The molecule has 4 nitrogen and oxygen atoms in total. The molecule has 0 aromatic heterocycles. The van der Waals surface area contributed by atoms with Crippen LogP contribution in [0.5, 0.6) is 5.75 Å². The van der Waals surface area contributed by atoms with Gasteiger partial charge in [0, 0.05) is 32.4 Å². The predicted octanol–water partition coefficient (Wildman–Crippen LogP) is 1.80. The van der Waals surface area contributed by atoms with E-state index in [1.165, 1.54) is 0 Å². The molecular weight excluding hydrogens is 240 g/mol. The van der Waals surface area contributed by atoms with Gasteiger partial charge in [0.1, 0.15) is 11.9 Å². The number of ether oxygens (including phenoxy) is 1. The number of benzene rings is 1. The minimum atomic E-state index is 0.223. The molecule has 2 N–H and O–H groups in total. The average molecular weight is 262 g/mol. The summed E-state index contributed by atoms with van der Waals surface area (Å²) in [5.74, 6) is 1.14. The van der Waals surface area contributed by atoms with E-state index < -0.39 is 0 Å². The molecule has 4 heteroatoms. The molecule has 1 aromatic carbocycles. The molecule has 1 saturated heterocycles. The Bertz CT molecular complexity index is 386. The van der Waals surface area contributed by atoms with Crippen LogP contribution in [0.25, 0.3) is 0 Å². The summed E-state index contributed by atoms with van der Waals surface area (Å²) >= 11 is 0. The summed E-state index contributed by atoms with van der Waals surface area (Å²) < 4.78 is 5.91. The molecule has 1 aromatic rings. The molecule has 0 aliphatic carbocycles. The van der Waals surface area contributed by atoms with Crippen LogP contribution in [0, 0.1) is 0 Å². The molecule has 0 radical (unpaired) electrons. The zero-order valence-corrected chi connectivity index (χ0v) is 11.3. The summed E-state index contributed by atoms with van der Waals surface area (Å²) in [5.41, 5.74) is 5.42. The number of rotatable bonds is 5. The summed E-state index contributed by atoms with van der Waals surface area (Å²) in [6, 6.07) is 9.87. The number of para-hydroxylation sites is 1. The highest BCUT2D eigenvalue weighted by molar-refractivity contribution is 5.76. The second kappa shape index (κ2) is 7.14. The van der Waals surface area contributed by atoms with E-state index in [4.69, 9.17) is 10.5 Å². The Morgan fingerprint density at radius 2 is 1.95 bits per heavy atom. The maximum Gasteiger partial charge on any atom is 0.222 e. The number of carbonyl (C=O) groups excluding carboxylic acids is 1. The van der Waals surface area contributed by atoms with Gasteiger partial charge in [0.05, 0.1) is 0 Å². The molecule has 1 fully saturated rings. The second-order valence-corrected chi connectivity index (χ2v) is 4.90. The minimum absolute atomic E-state index is 0.223. The molecule has 0 spiro atoms. The van der Waals surface area contributed by atoms with Crippen molar-refractivity contribution in [1.82, 2.24) is 4.90 Å². The SMILES string of the molecule is NCCCC(=O)N1CCC(Oc2ccccc2)CC1. The summed E-state index contributed by atoms with van der Waals surface area (Å²) in [6.45, 7) is 2.17. The first-order valence-corrected chi connectivity index (χ1v) is 6.99. The number of piperidine rings is 1. The predicted molar refractivity (Wildman–Crippen MR) is 75.0 cm³/mol. The van der Waals surface area contributed by atoms with Crippen LogP contribution in [0.2, 0.25) is 0 Å². The molecule has 2 rings (SSSR count). The van der Waals surface area contributed by atoms with E-state index in [0.717, 1.165) is 38.1 Å². The van der Waals surface area contributed by atoms with E-state index >= 15 is 0 Å². The molecule has 104 valence electrons. The Labute approximate surface area is 114 Å². The Balaban J connectivity index is 1.75. The van der Waals surface area contributed by atoms with Crippen molar-refractivity contribution >= 4 is 5.91 Å². The monoisotopic (exact) mass is 262 g/mol. The van der Waals surface area contributed by atoms with Gasteiger partial charge in [0.25, 0.3) is 0 Å². The summed E-state index contributed by atoms with van der Waals surface area (Å²) in [6.07, 6.45) is 3.38. The van der Waals surface area contributed by atoms with E-state index in [1.807, 2.05) is 35.2 Å². The number of hydrogen-bond acceptors (Lipinski definition) is 3. The van der Waals surface area contributed by atoms with Crippen molar-refractivity contribution in [2.24, 2.45) is 5.73 Å². The van der Waals surface area contributed by atoms with Crippen LogP contribution in [-0.4, -0.2) is 36.5 Å². The number of nitrogens with two attached hydrogens (primary N) is 1. The first-order chi connectivity index (χ1) is 9.29. The highest BCUT2D eigenvalue weighted by Crippen LogP contribution is 2.19. The van der Waals surface area contributed by atoms with E-state index in [9.17, 15) is 4.79 Å². The van der Waals surface area contributed by atoms with Crippen LogP contribution in [0.4, 0.5) is 0 Å². The van der Waals surface area contributed by atoms with Gasteiger partial charge in [0.2, 0.25) is 5.91 Å². The van der Waals surface area contributed by atoms with E-state index in [0.29, 0.717) is 13.0 Å². The topological polar surface area (TPSA) is 55.6 Å². The van der Waals surface area contributed by atoms with Crippen LogP contribution < -0.4 is 10.5 Å². The number of nitrogens with zero attached hydrogens (tertiary/aromatic N) is 1. The van der Waals surface area contributed by atoms with Gasteiger partial charge in [-0.1, -0.05) is 18.2 Å². The number of carbonyl (C=O) groups is 1. The normalized spacial score (nSPS) is 16.4. The molecule has 0 unspecified atom stereocenters. The molecule has 0 bridgehead atoms. The molecule has 0 atom stereocenters. The standard InChI is InChI=1S/C15H22N2O2/c16-10-4-7-15(18)17-11-8-14(9-12-17)19-13-5-2-1-3-6-13/h1-3,5-6,14H,4,7-12,16H2. The van der Waals surface area contributed by atoms with E-state index in [1.54, 1.807) is 0 Å². The minimum Gasteiger partial charge on any atom is -0.490 e. The average Bonchev–Trinajstić information content (AvgIpc) is 2.46. The maximum absolute atomic E-state index is 11.9. The summed E-state index contributed by atoms with van der Waals surface area (Å²) in [7, 11) is 0. The Morgan fingerprint density at radius 1 is 1.26 bits per heavy atom. The first kappa shape index (κ1) is 13.9. The van der Waals surface area contributed by atoms with Gasteiger partial charge in [0.15, 0.2) is 0 Å². The first-order valence-electron chi connectivity index (χ1n) is 6.99. The van der Waals surface area contributed by atoms with Gasteiger partial charge in [-0.3, -0.25) is 4.79 Å². The number of likely N-dealkylation sites (tertiary alicyclic amines) is 1. The lowest BCUT2D eigenvalue weighted by atomic mass is 10.1. The van der Waals surface area contributed by atoms with Gasteiger partial charge >= 0.3 is 0 Å². The summed E-state index contributed by atoms with van der Waals surface area (Å²) in [4.78, 5) is 13.8. The molecule has 1 heterocycles. The van der Waals surface area contributed by atoms with Gasteiger partial charge in [-0.2, -0.15) is 0 Å². The molecular formula is C15H22N2O2. The van der Waals surface area contributed by atoms with Gasteiger partial charge in [-0.05, 0) is 25.1 Å². The van der Waals surface area contributed by atoms with E-state index in [-0.39, 0.29) is 12.0 Å². The largest absolute Gasteiger partial charge is 0.490 e. The van der Waals surface area contributed by atoms with Crippen LogP contribution in [0.15, 0.2) is 30.3 Å². The van der Waals surface area contributed by atoms with Crippen LogP contribution in [0.3, 0.4) is 0 Å². The Kier molecular flexibility index (Phi) is 5.21. The highest BCUT2D eigenvalue weighted by atomic mass is 16.5.